The lowest BCUT2D eigenvalue weighted by atomic mass is 9.83. The summed E-state index contributed by atoms with van der Waals surface area (Å²) in [7, 11) is 0. The van der Waals surface area contributed by atoms with Crippen molar-refractivity contribution in [1.82, 2.24) is 4.90 Å². The Morgan fingerprint density at radius 3 is 2.20 bits per heavy atom. The van der Waals surface area contributed by atoms with Gasteiger partial charge >= 0.3 is 0 Å². The van der Waals surface area contributed by atoms with Gasteiger partial charge in [0.25, 0.3) is 11.8 Å². The van der Waals surface area contributed by atoms with Crippen molar-refractivity contribution >= 4 is 51.7 Å². The number of amides is 2. The van der Waals surface area contributed by atoms with Gasteiger partial charge in [-0.3, -0.25) is 14.4 Å². The average Bonchev–Trinajstić information content (AvgIpc) is 3.36. The number of hydrogen-bond donors (Lipinski definition) is 0. The molecule has 41 heavy (non-hydrogen) atoms. The molecule has 1 unspecified atom stereocenters. The van der Waals surface area contributed by atoms with Crippen LogP contribution in [0.3, 0.4) is 0 Å². The molecule has 0 bridgehead atoms. The molecule has 1 aromatic heterocycles. The summed E-state index contributed by atoms with van der Waals surface area (Å²) in [5.41, 5.74) is 1.96. The minimum absolute atomic E-state index is 0.0143. The van der Waals surface area contributed by atoms with Gasteiger partial charge in [0, 0.05) is 22.2 Å². The number of rotatable bonds is 4. The van der Waals surface area contributed by atoms with Gasteiger partial charge in [0.05, 0.1) is 23.2 Å². The SMILES string of the molecule is Cc1ccc(CN2C(=O)c3oc4ccc(Cl)cc4c(=O)c3C23C(=O)N(Cc2ccc(Cl)cc2)c2ccccc23)cc1. The lowest BCUT2D eigenvalue weighted by Gasteiger charge is -2.34. The van der Waals surface area contributed by atoms with E-state index in [0.29, 0.717) is 21.3 Å². The van der Waals surface area contributed by atoms with E-state index < -0.39 is 22.8 Å². The fraction of sp³-hybridized carbons (Fsp3) is 0.121. The zero-order valence-electron chi connectivity index (χ0n) is 21.9. The smallest absolute Gasteiger partial charge is 0.291 e. The number of benzene rings is 4. The highest BCUT2D eigenvalue weighted by atomic mass is 35.5. The molecule has 5 aromatic rings. The number of anilines is 1. The number of hydrogen-bond acceptors (Lipinski definition) is 4. The van der Waals surface area contributed by atoms with E-state index in [0.717, 1.165) is 16.7 Å². The molecule has 8 heteroatoms. The topological polar surface area (TPSA) is 70.8 Å². The maximum atomic E-state index is 14.9. The van der Waals surface area contributed by atoms with E-state index >= 15 is 0 Å². The Morgan fingerprint density at radius 2 is 1.44 bits per heavy atom. The Morgan fingerprint density at radius 1 is 0.780 bits per heavy atom. The van der Waals surface area contributed by atoms with Gasteiger partial charge in [-0.1, -0.05) is 83.4 Å². The van der Waals surface area contributed by atoms with Crippen molar-refractivity contribution in [3.8, 4) is 0 Å². The third-order valence-electron chi connectivity index (χ3n) is 7.91. The van der Waals surface area contributed by atoms with Crippen LogP contribution in [0.2, 0.25) is 10.0 Å². The lowest BCUT2D eigenvalue weighted by molar-refractivity contribution is -0.126. The number of carbonyl (C=O) groups is 2. The van der Waals surface area contributed by atoms with E-state index in [1.54, 1.807) is 35.2 Å². The van der Waals surface area contributed by atoms with E-state index in [9.17, 15) is 14.4 Å². The monoisotopic (exact) mass is 580 g/mol. The number of nitrogens with zero attached hydrogens (tertiary/aromatic N) is 2. The van der Waals surface area contributed by atoms with Gasteiger partial charge in [-0.2, -0.15) is 0 Å². The molecule has 0 saturated carbocycles. The summed E-state index contributed by atoms with van der Waals surface area (Å²) in [5, 5.41) is 1.14. The van der Waals surface area contributed by atoms with Gasteiger partial charge in [-0.25, -0.2) is 0 Å². The highest BCUT2D eigenvalue weighted by Crippen LogP contribution is 2.53. The summed E-state index contributed by atoms with van der Waals surface area (Å²) in [4.78, 5) is 46.5. The minimum Gasteiger partial charge on any atom is -0.450 e. The first kappa shape index (κ1) is 25.6. The molecule has 2 amide bonds. The van der Waals surface area contributed by atoms with Gasteiger partial charge in [-0.15, -0.1) is 0 Å². The maximum Gasteiger partial charge on any atom is 0.291 e. The van der Waals surface area contributed by atoms with E-state index in [-0.39, 0.29) is 35.4 Å². The van der Waals surface area contributed by atoms with Gasteiger partial charge in [-0.05, 0) is 54.4 Å². The molecule has 2 aliphatic rings. The van der Waals surface area contributed by atoms with E-state index in [4.69, 9.17) is 27.6 Å². The van der Waals surface area contributed by atoms with E-state index in [2.05, 4.69) is 0 Å². The molecule has 0 aliphatic carbocycles. The molecular weight excluding hydrogens is 559 g/mol. The molecular formula is C33H22Cl2N2O4. The first-order chi connectivity index (χ1) is 19.8. The van der Waals surface area contributed by atoms with Crippen LogP contribution in [-0.2, 0) is 23.4 Å². The van der Waals surface area contributed by atoms with Crippen molar-refractivity contribution in [2.45, 2.75) is 25.6 Å². The quantitative estimate of drug-likeness (QED) is 0.233. The molecule has 1 atom stereocenters. The molecule has 0 radical (unpaired) electrons. The third kappa shape index (κ3) is 3.75. The second kappa shape index (κ2) is 9.33. The first-order valence-electron chi connectivity index (χ1n) is 13.1. The molecule has 0 N–H and O–H groups in total. The van der Waals surface area contributed by atoms with Crippen molar-refractivity contribution in [1.29, 1.82) is 0 Å². The first-order valence-corrected chi connectivity index (χ1v) is 13.8. The highest BCUT2D eigenvalue weighted by molar-refractivity contribution is 6.31. The largest absolute Gasteiger partial charge is 0.450 e. The van der Waals surface area contributed by atoms with Gasteiger partial charge in [0.2, 0.25) is 5.76 Å². The second-order valence-electron chi connectivity index (χ2n) is 10.4. The van der Waals surface area contributed by atoms with Gasteiger partial charge in [0.15, 0.2) is 11.0 Å². The molecule has 4 aromatic carbocycles. The van der Waals surface area contributed by atoms with Crippen LogP contribution in [0.4, 0.5) is 5.69 Å². The number of para-hydroxylation sites is 1. The van der Waals surface area contributed by atoms with Crippen molar-refractivity contribution in [3.63, 3.8) is 0 Å². The molecule has 0 saturated heterocycles. The van der Waals surface area contributed by atoms with Gasteiger partial charge in [0.1, 0.15) is 5.58 Å². The van der Waals surface area contributed by atoms with Crippen molar-refractivity contribution in [2.75, 3.05) is 4.90 Å². The zero-order chi connectivity index (χ0) is 28.5. The Bertz CT molecular complexity index is 1950. The molecule has 7 rings (SSSR count). The standard InChI is InChI=1S/C33H22Cl2N2O4/c1-19-6-8-21(9-7-19)18-37-31(39)30-28(29(38)24-16-23(35)14-15-27(24)41-30)33(37)25-4-2-3-5-26(25)36(32(33)40)17-20-10-12-22(34)13-11-20/h2-16H,17-18H2,1H3. The van der Waals surface area contributed by atoms with Crippen LogP contribution in [-0.4, -0.2) is 16.7 Å². The molecule has 1 spiro atoms. The van der Waals surface area contributed by atoms with Crippen molar-refractivity contribution in [2.24, 2.45) is 0 Å². The summed E-state index contributed by atoms with van der Waals surface area (Å²) < 4.78 is 6.12. The summed E-state index contributed by atoms with van der Waals surface area (Å²) in [5.74, 6) is -1.05. The Kier molecular flexibility index (Phi) is 5.82. The minimum atomic E-state index is -1.72. The molecule has 3 heterocycles. The van der Waals surface area contributed by atoms with Crippen LogP contribution >= 0.6 is 23.2 Å². The highest BCUT2D eigenvalue weighted by Gasteiger charge is 2.65. The fourth-order valence-electron chi connectivity index (χ4n) is 5.99. The van der Waals surface area contributed by atoms with Crippen LogP contribution in [0.15, 0.2) is 100 Å². The molecule has 2 aliphatic heterocycles. The van der Waals surface area contributed by atoms with Crippen molar-refractivity contribution in [3.05, 3.63) is 145 Å². The Balaban J connectivity index is 1.50. The van der Waals surface area contributed by atoms with Crippen LogP contribution in [0.25, 0.3) is 11.0 Å². The van der Waals surface area contributed by atoms with Crippen LogP contribution < -0.4 is 10.3 Å². The van der Waals surface area contributed by atoms with E-state index in [1.807, 2.05) is 61.5 Å². The zero-order valence-corrected chi connectivity index (χ0v) is 23.4. The second-order valence-corrected chi connectivity index (χ2v) is 11.3. The number of fused-ring (bicyclic) bond motifs is 5. The summed E-state index contributed by atoms with van der Waals surface area (Å²) in [6.07, 6.45) is 0. The summed E-state index contributed by atoms with van der Waals surface area (Å²) in [6, 6.07) is 26.9. The van der Waals surface area contributed by atoms with Crippen LogP contribution in [0.1, 0.15) is 38.4 Å². The number of aryl methyl sites for hydroxylation is 1. The summed E-state index contributed by atoms with van der Waals surface area (Å²) >= 11 is 12.4. The maximum absolute atomic E-state index is 14.9. The van der Waals surface area contributed by atoms with Crippen molar-refractivity contribution < 1.29 is 14.0 Å². The number of halogens is 2. The Labute approximate surface area is 245 Å². The molecule has 6 nitrogen and oxygen atoms in total. The molecule has 0 fully saturated rings. The number of carbonyl (C=O) groups excluding carboxylic acids is 2. The Hall–Kier alpha value is -4.39. The predicted molar refractivity (Wildman–Crippen MR) is 158 cm³/mol. The van der Waals surface area contributed by atoms with E-state index in [1.165, 1.54) is 11.0 Å². The third-order valence-corrected chi connectivity index (χ3v) is 8.40. The average molecular weight is 581 g/mol. The van der Waals surface area contributed by atoms with Crippen LogP contribution in [0, 0.1) is 6.92 Å². The van der Waals surface area contributed by atoms with Gasteiger partial charge < -0.3 is 14.2 Å². The summed E-state index contributed by atoms with van der Waals surface area (Å²) in [6.45, 7) is 2.29. The lowest BCUT2D eigenvalue weighted by Crippen LogP contribution is -2.52. The van der Waals surface area contributed by atoms with Crippen LogP contribution in [0.5, 0.6) is 0 Å². The predicted octanol–water partition coefficient (Wildman–Crippen LogP) is 6.85. The fourth-order valence-corrected chi connectivity index (χ4v) is 6.29. The normalized spacial score (nSPS) is 17.5. The molecule has 202 valence electrons.